The Hall–Kier alpha value is -1.79. The summed E-state index contributed by atoms with van der Waals surface area (Å²) in [7, 11) is 0. The van der Waals surface area contributed by atoms with Crippen LogP contribution >= 0.6 is 11.3 Å². The topological polar surface area (TPSA) is 51.2 Å². The van der Waals surface area contributed by atoms with Crippen molar-refractivity contribution in [3.05, 3.63) is 51.7 Å². The lowest BCUT2D eigenvalue weighted by molar-refractivity contribution is -0.120. The lowest BCUT2D eigenvalue weighted by Crippen LogP contribution is -2.41. The highest BCUT2D eigenvalue weighted by molar-refractivity contribution is 7.09. The van der Waals surface area contributed by atoms with Gasteiger partial charge in [-0.2, -0.15) is 0 Å². The van der Waals surface area contributed by atoms with Gasteiger partial charge in [0.1, 0.15) is 5.82 Å². The third kappa shape index (κ3) is 3.76. The fraction of sp³-hybridized carbons (Fsp3) is 0.412. The SMILES string of the molecule is Cc1nc(CC(=O)NCC2(c3ccc(F)cc3)CCOC2)cs1. The number of halogens is 1. The van der Waals surface area contributed by atoms with E-state index in [2.05, 4.69) is 10.3 Å². The number of carbonyl (C=O) groups is 1. The van der Waals surface area contributed by atoms with Crippen LogP contribution in [0.2, 0.25) is 0 Å². The van der Waals surface area contributed by atoms with Crippen LogP contribution in [0.3, 0.4) is 0 Å². The van der Waals surface area contributed by atoms with Crippen LogP contribution < -0.4 is 5.32 Å². The molecule has 1 aromatic carbocycles. The van der Waals surface area contributed by atoms with E-state index >= 15 is 0 Å². The number of thiazole rings is 1. The number of carbonyl (C=O) groups excluding carboxylic acids is 1. The first-order valence-corrected chi connectivity index (χ1v) is 8.47. The number of aromatic nitrogens is 1. The smallest absolute Gasteiger partial charge is 0.226 e. The van der Waals surface area contributed by atoms with E-state index in [0.29, 0.717) is 19.8 Å². The third-order valence-corrected chi connectivity index (χ3v) is 5.01. The highest BCUT2D eigenvalue weighted by Gasteiger charge is 2.37. The monoisotopic (exact) mass is 334 g/mol. The fourth-order valence-electron chi connectivity index (χ4n) is 2.86. The zero-order chi connectivity index (χ0) is 16.3. The Kier molecular flexibility index (Phi) is 4.73. The molecule has 6 heteroatoms. The average Bonchev–Trinajstić information content (AvgIpc) is 3.16. The molecule has 2 heterocycles. The van der Waals surface area contributed by atoms with Crippen LogP contribution in [0.5, 0.6) is 0 Å². The van der Waals surface area contributed by atoms with Crippen molar-refractivity contribution < 1.29 is 13.9 Å². The molecule has 1 unspecified atom stereocenters. The summed E-state index contributed by atoms with van der Waals surface area (Å²) >= 11 is 1.54. The molecule has 0 aliphatic carbocycles. The summed E-state index contributed by atoms with van der Waals surface area (Å²) in [5, 5.41) is 5.85. The Labute approximate surface area is 138 Å². The van der Waals surface area contributed by atoms with Crippen molar-refractivity contribution in [2.45, 2.75) is 25.2 Å². The molecule has 1 fully saturated rings. The lowest BCUT2D eigenvalue weighted by atomic mass is 9.79. The second-order valence-electron chi connectivity index (χ2n) is 5.90. The first-order chi connectivity index (χ1) is 11.1. The van der Waals surface area contributed by atoms with Crippen LogP contribution in [0.1, 0.15) is 22.7 Å². The maximum Gasteiger partial charge on any atom is 0.226 e. The molecule has 1 aliphatic rings. The van der Waals surface area contributed by atoms with Crippen molar-refractivity contribution in [3.63, 3.8) is 0 Å². The Morgan fingerprint density at radius 3 is 2.83 bits per heavy atom. The number of nitrogens with zero attached hydrogens (tertiary/aromatic N) is 1. The van der Waals surface area contributed by atoms with Crippen LogP contribution in [0.4, 0.5) is 4.39 Å². The van der Waals surface area contributed by atoms with Crippen LogP contribution in [-0.4, -0.2) is 30.6 Å². The molecule has 0 saturated carbocycles. The summed E-state index contributed by atoms with van der Waals surface area (Å²) < 4.78 is 18.7. The first-order valence-electron chi connectivity index (χ1n) is 7.59. The molecule has 0 radical (unpaired) electrons. The van der Waals surface area contributed by atoms with Crippen molar-refractivity contribution in [1.82, 2.24) is 10.3 Å². The second-order valence-corrected chi connectivity index (χ2v) is 6.96. The van der Waals surface area contributed by atoms with E-state index < -0.39 is 0 Å². The molecular weight excluding hydrogens is 315 g/mol. The van der Waals surface area contributed by atoms with E-state index in [1.807, 2.05) is 12.3 Å². The van der Waals surface area contributed by atoms with Gasteiger partial charge in [-0.15, -0.1) is 11.3 Å². The summed E-state index contributed by atoms with van der Waals surface area (Å²) in [4.78, 5) is 16.5. The molecule has 4 nitrogen and oxygen atoms in total. The molecule has 2 aromatic rings. The zero-order valence-corrected chi connectivity index (χ0v) is 13.8. The first kappa shape index (κ1) is 16.1. The van der Waals surface area contributed by atoms with Crippen LogP contribution in [0, 0.1) is 12.7 Å². The van der Waals surface area contributed by atoms with Gasteiger partial charge in [0, 0.05) is 23.9 Å². The highest BCUT2D eigenvalue weighted by atomic mass is 32.1. The normalized spacial score (nSPS) is 20.6. The van der Waals surface area contributed by atoms with E-state index in [4.69, 9.17) is 4.74 Å². The van der Waals surface area contributed by atoms with Gasteiger partial charge in [0.15, 0.2) is 0 Å². The minimum atomic E-state index is -0.276. The highest BCUT2D eigenvalue weighted by Crippen LogP contribution is 2.32. The third-order valence-electron chi connectivity index (χ3n) is 4.19. The van der Waals surface area contributed by atoms with Gasteiger partial charge in [-0.05, 0) is 31.0 Å². The van der Waals surface area contributed by atoms with Crippen molar-refractivity contribution in [2.24, 2.45) is 0 Å². The standard InChI is InChI=1S/C17H19FN2O2S/c1-12-20-15(9-23-12)8-16(21)19-10-17(6-7-22-11-17)13-2-4-14(18)5-3-13/h2-5,9H,6-8,10-11H2,1H3,(H,19,21). The predicted molar refractivity (Wildman–Crippen MR) is 87.1 cm³/mol. The molecule has 23 heavy (non-hydrogen) atoms. The molecule has 0 spiro atoms. The molecule has 1 amide bonds. The van der Waals surface area contributed by atoms with Crippen molar-refractivity contribution >= 4 is 17.2 Å². The van der Waals surface area contributed by atoms with Gasteiger partial charge in [0.05, 0.1) is 23.7 Å². The maximum atomic E-state index is 13.1. The van der Waals surface area contributed by atoms with Gasteiger partial charge in [-0.25, -0.2) is 9.37 Å². The molecular formula is C17H19FN2O2S. The lowest BCUT2D eigenvalue weighted by Gasteiger charge is -2.28. The van der Waals surface area contributed by atoms with Crippen LogP contribution in [0.25, 0.3) is 0 Å². The number of hydrogen-bond acceptors (Lipinski definition) is 4. The van der Waals surface area contributed by atoms with E-state index in [1.54, 1.807) is 23.5 Å². The molecule has 3 rings (SSSR count). The number of aryl methyl sites for hydroxylation is 1. The summed E-state index contributed by atoms with van der Waals surface area (Å²) in [5.74, 6) is -0.311. The van der Waals surface area contributed by atoms with E-state index in [-0.39, 0.29) is 23.6 Å². The molecule has 1 saturated heterocycles. The summed E-state index contributed by atoms with van der Waals surface area (Å²) in [6, 6.07) is 6.46. The predicted octanol–water partition coefficient (Wildman–Crippen LogP) is 2.61. The summed E-state index contributed by atoms with van der Waals surface area (Å²) in [6.07, 6.45) is 1.10. The molecule has 0 bridgehead atoms. The molecule has 1 N–H and O–H groups in total. The molecule has 122 valence electrons. The molecule has 1 atom stereocenters. The number of rotatable bonds is 5. The van der Waals surface area contributed by atoms with Crippen molar-refractivity contribution in [3.8, 4) is 0 Å². The number of benzene rings is 1. The van der Waals surface area contributed by atoms with E-state index in [0.717, 1.165) is 22.7 Å². The Bertz CT molecular complexity index is 678. The van der Waals surface area contributed by atoms with Crippen LogP contribution in [-0.2, 0) is 21.4 Å². The fourth-order valence-corrected chi connectivity index (χ4v) is 3.48. The average molecular weight is 334 g/mol. The number of amides is 1. The van der Waals surface area contributed by atoms with Gasteiger partial charge < -0.3 is 10.1 Å². The number of ether oxygens (including phenoxy) is 1. The minimum absolute atomic E-state index is 0.0521. The second kappa shape index (κ2) is 6.76. The number of nitrogens with one attached hydrogen (secondary N) is 1. The van der Waals surface area contributed by atoms with Crippen LogP contribution in [0.15, 0.2) is 29.6 Å². The maximum absolute atomic E-state index is 13.1. The van der Waals surface area contributed by atoms with E-state index in [9.17, 15) is 9.18 Å². The van der Waals surface area contributed by atoms with Crippen molar-refractivity contribution in [1.29, 1.82) is 0 Å². The van der Waals surface area contributed by atoms with Gasteiger partial charge in [0.2, 0.25) is 5.91 Å². The largest absolute Gasteiger partial charge is 0.380 e. The summed E-state index contributed by atoms with van der Waals surface area (Å²) in [6.45, 7) is 3.60. The van der Waals surface area contributed by atoms with Gasteiger partial charge in [0.25, 0.3) is 0 Å². The Balaban J connectivity index is 1.65. The van der Waals surface area contributed by atoms with Crippen molar-refractivity contribution in [2.75, 3.05) is 19.8 Å². The number of hydrogen-bond donors (Lipinski definition) is 1. The minimum Gasteiger partial charge on any atom is -0.380 e. The Morgan fingerprint density at radius 2 is 2.22 bits per heavy atom. The van der Waals surface area contributed by atoms with E-state index in [1.165, 1.54) is 12.1 Å². The quantitative estimate of drug-likeness (QED) is 0.914. The van der Waals surface area contributed by atoms with Gasteiger partial charge >= 0.3 is 0 Å². The Morgan fingerprint density at radius 1 is 1.43 bits per heavy atom. The molecule has 1 aliphatic heterocycles. The van der Waals surface area contributed by atoms with Gasteiger partial charge in [-0.3, -0.25) is 4.79 Å². The van der Waals surface area contributed by atoms with Gasteiger partial charge in [-0.1, -0.05) is 12.1 Å². The summed E-state index contributed by atoms with van der Waals surface area (Å²) in [5.41, 5.74) is 1.52. The zero-order valence-electron chi connectivity index (χ0n) is 13.0. The molecule has 1 aromatic heterocycles.